The summed E-state index contributed by atoms with van der Waals surface area (Å²) < 4.78 is 11.4. The van der Waals surface area contributed by atoms with E-state index in [0.29, 0.717) is 39.8 Å². The molecule has 0 saturated carbocycles. The smallest absolute Gasteiger partial charge is 0.344 e. The maximum atomic E-state index is 13.0. The van der Waals surface area contributed by atoms with Crippen molar-refractivity contribution in [2.75, 3.05) is 5.32 Å². The number of fused-ring (bicyclic) bond motifs is 2. The van der Waals surface area contributed by atoms with Gasteiger partial charge in [-0.25, -0.2) is 9.78 Å². The normalized spacial score (nSPS) is 11.3. The molecule has 0 aliphatic rings. The van der Waals surface area contributed by atoms with E-state index in [2.05, 4.69) is 36.3 Å². The van der Waals surface area contributed by atoms with Gasteiger partial charge in [-0.15, -0.1) is 0 Å². The lowest BCUT2D eigenvalue weighted by Gasteiger charge is -2.08. The van der Waals surface area contributed by atoms with Crippen molar-refractivity contribution in [2.24, 2.45) is 0 Å². The van der Waals surface area contributed by atoms with Gasteiger partial charge in [-0.05, 0) is 77.7 Å². The molecule has 1 amide bonds. The van der Waals surface area contributed by atoms with Crippen LogP contribution in [-0.4, -0.2) is 10.9 Å². The van der Waals surface area contributed by atoms with Crippen LogP contribution in [0.25, 0.3) is 44.7 Å². The fraction of sp³-hybridized carbons (Fsp3) is 0.0938. The summed E-state index contributed by atoms with van der Waals surface area (Å²) in [5.74, 6) is 0.654. The molecule has 6 nitrogen and oxygen atoms in total. The average Bonchev–Trinajstić information content (AvgIpc) is 3.36. The van der Waals surface area contributed by atoms with E-state index in [4.69, 9.17) is 8.83 Å². The molecule has 6 rings (SSSR count). The minimum Gasteiger partial charge on any atom is -0.436 e. The molecule has 2 heterocycles. The first kappa shape index (κ1) is 23.4. The van der Waals surface area contributed by atoms with Gasteiger partial charge in [0, 0.05) is 22.2 Å². The Hall–Kier alpha value is -4.97. The van der Waals surface area contributed by atoms with Gasteiger partial charge in [0.1, 0.15) is 11.1 Å². The second-order valence-corrected chi connectivity index (χ2v) is 9.50. The number of para-hydroxylation sites is 1. The molecule has 0 saturated heterocycles. The number of nitrogens with zero attached hydrogens (tertiary/aromatic N) is 1. The van der Waals surface area contributed by atoms with Crippen LogP contribution in [0.5, 0.6) is 0 Å². The van der Waals surface area contributed by atoms with E-state index in [9.17, 15) is 9.59 Å². The molecule has 0 bridgehead atoms. The van der Waals surface area contributed by atoms with Gasteiger partial charge >= 0.3 is 5.63 Å². The molecule has 2 aromatic heterocycles. The van der Waals surface area contributed by atoms with Gasteiger partial charge in [0.05, 0.1) is 5.56 Å². The van der Waals surface area contributed by atoms with Crippen LogP contribution in [0, 0.1) is 0 Å². The van der Waals surface area contributed by atoms with E-state index < -0.39 is 5.63 Å². The zero-order valence-electron chi connectivity index (χ0n) is 20.9. The van der Waals surface area contributed by atoms with E-state index >= 15 is 0 Å². The Balaban J connectivity index is 1.22. The van der Waals surface area contributed by atoms with Gasteiger partial charge in [-0.1, -0.05) is 50.2 Å². The van der Waals surface area contributed by atoms with Crippen molar-refractivity contribution in [3.63, 3.8) is 0 Å². The van der Waals surface area contributed by atoms with E-state index in [0.717, 1.165) is 22.0 Å². The van der Waals surface area contributed by atoms with Crippen LogP contribution in [0.2, 0.25) is 0 Å². The van der Waals surface area contributed by atoms with Crippen LogP contribution >= 0.6 is 0 Å². The lowest BCUT2D eigenvalue weighted by atomic mass is 10.0. The summed E-state index contributed by atoms with van der Waals surface area (Å²) in [5, 5.41) is 3.73. The molecule has 38 heavy (non-hydrogen) atoms. The van der Waals surface area contributed by atoms with Gasteiger partial charge in [-0.2, -0.15) is 0 Å². The molecule has 0 aliphatic carbocycles. The number of amides is 1. The molecule has 0 radical (unpaired) electrons. The number of hydrogen-bond donors (Lipinski definition) is 1. The first-order chi connectivity index (χ1) is 18.4. The summed E-state index contributed by atoms with van der Waals surface area (Å²) in [5.41, 5.74) is 5.74. The Labute approximate surface area is 218 Å². The highest BCUT2D eigenvalue weighted by atomic mass is 16.4. The summed E-state index contributed by atoms with van der Waals surface area (Å²) in [6, 6.07) is 29.5. The molecule has 1 N–H and O–H groups in total. The Morgan fingerprint density at radius 3 is 2.42 bits per heavy atom. The number of carbonyl (C=O) groups excluding carboxylic acids is 1. The molecule has 186 valence electrons. The molecule has 0 spiro atoms. The highest BCUT2D eigenvalue weighted by Crippen LogP contribution is 2.28. The van der Waals surface area contributed by atoms with Crippen molar-refractivity contribution in [3.05, 3.63) is 119 Å². The zero-order valence-corrected chi connectivity index (χ0v) is 20.9. The van der Waals surface area contributed by atoms with Crippen LogP contribution in [-0.2, 0) is 0 Å². The summed E-state index contributed by atoms with van der Waals surface area (Å²) in [4.78, 5) is 30.2. The standard InChI is InChI=1S/C32H24N2O4/c1-19(2)21-12-15-29-27(18-21)34-31(37-29)20-10-13-25(14-11-20)33-30(35)24-8-5-7-22(16-24)26-17-23-6-3-4-9-28(23)38-32(26)36/h3-19H,1-2H3,(H,33,35). The van der Waals surface area contributed by atoms with Crippen molar-refractivity contribution in [1.82, 2.24) is 4.98 Å². The third kappa shape index (κ3) is 4.48. The van der Waals surface area contributed by atoms with Crippen molar-refractivity contribution in [1.29, 1.82) is 0 Å². The third-order valence-corrected chi connectivity index (χ3v) is 6.55. The fourth-order valence-electron chi connectivity index (χ4n) is 4.42. The first-order valence-corrected chi connectivity index (χ1v) is 12.4. The zero-order chi connectivity index (χ0) is 26.2. The summed E-state index contributed by atoms with van der Waals surface area (Å²) in [7, 11) is 0. The molecular formula is C32H24N2O4. The number of carbonyl (C=O) groups is 1. The van der Waals surface area contributed by atoms with Gasteiger partial charge in [-0.3, -0.25) is 4.79 Å². The van der Waals surface area contributed by atoms with Crippen molar-refractivity contribution < 1.29 is 13.6 Å². The number of rotatable bonds is 5. The molecule has 0 fully saturated rings. The van der Waals surface area contributed by atoms with Crippen molar-refractivity contribution >= 4 is 33.7 Å². The van der Waals surface area contributed by atoms with Crippen LogP contribution < -0.4 is 10.9 Å². The van der Waals surface area contributed by atoms with Gasteiger partial charge in [0.2, 0.25) is 5.89 Å². The van der Waals surface area contributed by atoms with Gasteiger partial charge in [0.25, 0.3) is 5.91 Å². The van der Waals surface area contributed by atoms with E-state index in [1.165, 1.54) is 5.56 Å². The maximum absolute atomic E-state index is 13.0. The van der Waals surface area contributed by atoms with Crippen molar-refractivity contribution in [3.8, 4) is 22.6 Å². The summed E-state index contributed by atoms with van der Waals surface area (Å²) in [6.45, 7) is 4.29. The van der Waals surface area contributed by atoms with E-state index in [1.807, 2.05) is 48.5 Å². The lowest BCUT2D eigenvalue weighted by Crippen LogP contribution is -2.12. The molecule has 4 aromatic carbocycles. The molecule has 6 aromatic rings. The topological polar surface area (TPSA) is 85.3 Å². The molecule has 0 unspecified atom stereocenters. The number of anilines is 1. The Morgan fingerprint density at radius 2 is 1.61 bits per heavy atom. The average molecular weight is 501 g/mol. The molecular weight excluding hydrogens is 476 g/mol. The first-order valence-electron chi connectivity index (χ1n) is 12.4. The second kappa shape index (κ2) is 9.48. The van der Waals surface area contributed by atoms with Gasteiger partial charge < -0.3 is 14.2 Å². The minimum absolute atomic E-state index is 0.284. The van der Waals surface area contributed by atoms with Crippen LogP contribution in [0.3, 0.4) is 0 Å². The van der Waals surface area contributed by atoms with Crippen LogP contribution in [0.4, 0.5) is 5.69 Å². The van der Waals surface area contributed by atoms with E-state index in [1.54, 1.807) is 36.4 Å². The Kier molecular flexibility index (Phi) is 5.85. The molecule has 6 heteroatoms. The van der Waals surface area contributed by atoms with Gasteiger partial charge in [0.15, 0.2) is 5.58 Å². The lowest BCUT2D eigenvalue weighted by molar-refractivity contribution is 0.102. The molecule has 0 aliphatic heterocycles. The predicted octanol–water partition coefficient (Wildman–Crippen LogP) is 7.64. The SMILES string of the molecule is CC(C)c1ccc2oc(-c3ccc(NC(=O)c4cccc(-c5cc6ccccc6oc5=O)c4)cc3)nc2c1. The minimum atomic E-state index is -0.448. The summed E-state index contributed by atoms with van der Waals surface area (Å²) in [6.07, 6.45) is 0. The largest absolute Gasteiger partial charge is 0.436 e. The quantitative estimate of drug-likeness (QED) is 0.246. The Morgan fingerprint density at radius 1 is 0.789 bits per heavy atom. The van der Waals surface area contributed by atoms with Crippen LogP contribution in [0.15, 0.2) is 111 Å². The highest BCUT2D eigenvalue weighted by Gasteiger charge is 2.13. The predicted molar refractivity (Wildman–Crippen MR) is 149 cm³/mol. The third-order valence-electron chi connectivity index (χ3n) is 6.55. The monoisotopic (exact) mass is 500 g/mol. The fourth-order valence-corrected chi connectivity index (χ4v) is 4.42. The summed E-state index contributed by atoms with van der Waals surface area (Å²) >= 11 is 0. The number of benzene rings is 4. The number of aromatic nitrogens is 1. The second-order valence-electron chi connectivity index (χ2n) is 9.50. The van der Waals surface area contributed by atoms with Crippen molar-refractivity contribution in [2.45, 2.75) is 19.8 Å². The number of nitrogens with one attached hydrogen (secondary N) is 1. The van der Waals surface area contributed by atoms with Crippen LogP contribution in [0.1, 0.15) is 35.7 Å². The Bertz CT molecular complexity index is 1860. The number of oxazole rings is 1. The maximum Gasteiger partial charge on any atom is 0.344 e. The van der Waals surface area contributed by atoms with E-state index in [-0.39, 0.29) is 5.91 Å². The molecule has 0 atom stereocenters. The number of hydrogen-bond acceptors (Lipinski definition) is 5. The highest BCUT2D eigenvalue weighted by molar-refractivity contribution is 6.05.